The minimum atomic E-state index is 0.307. The van der Waals surface area contributed by atoms with Gasteiger partial charge in [-0.15, -0.1) is 11.3 Å². The normalized spacial score (nSPS) is 21.7. The van der Waals surface area contributed by atoms with Gasteiger partial charge in [0, 0.05) is 25.0 Å². The Hall–Kier alpha value is -1.20. The highest BCUT2D eigenvalue weighted by Gasteiger charge is 2.22. The summed E-state index contributed by atoms with van der Waals surface area (Å²) in [5.41, 5.74) is 1.49. The van der Waals surface area contributed by atoms with Crippen molar-refractivity contribution in [1.29, 1.82) is 0 Å². The first-order valence-corrected chi connectivity index (χ1v) is 8.77. The van der Waals surface area contributed by atoms with Gasteiger partial charge in [0.25, 0.3) is 0 Å². The minimum Gasteiger partial charge on any atom is -0.378 e. The molecule has 112 valence electrons. The summed E-state index contributed by atoms with van der Waals surface area (Å²) in [6.07, 6.45) is 8.44. The van der Waals surface area contributed by atoms with Crippen LogP contribution in [0.5, 0.6) is 0 Å². The highest BCUT2D eigenvalue weighted by Crippen LogP contribution is 2.38. The fourth-order valence-electron chi connectivity index (χ4n) is 3.48. The molecule has 1 unspecified atom stereocenters. The molecule has 0 radical (unpaired) electrons. The van der Waals surface area contributed by atoms with E-state index in [1.54, 1.807) is 0 Å². The van der Waals surface area contributed by atoms with Crippen molar-refractivity contribution in [2.75, 3.05) is 19.0 Å². The van der Waals surface area contributed by atoms with Crippen LogP contribution in [-0.2, 0) is 24.0 Å². The number of anilines is 1. The molecule has 0 spiro atoms. The SMILES string of the molecule is CNc1nc(CC2CCCO2)nc2sc3c(c12)CCCC3. The molecule has 4 rings (SSSR count). The van der Waals surface area contributed by atoms with Gasteiger partial charge in [0.2, 0.25) is 0 Å². The van der Waals surface area contributed by atoms with Crippen LogP contribution in [0.1, 0.15) is 41.9 Å². The number of nitrogens with zero attached hydrogens (tertiary/aromatic N) is 2. The molecule has 1 fully saturated rings. The summed E-state index contributed by atoms with van der Waals surface area (Å²) < 4.78 is 5.73. The van der Waals surface area contributed by atoms with Crippen LogP contribution in [0.15, 0.2) is 0 Å². The van der Waals surface area contributed by atoms with E-state index >= 15 is 0 Å². The summed E-state index contributed by atoms with van der Waals surface area (Å²) in [6, 6.07) is 0. The minimum absolute atomic E-state index is 0.307. The maximum atomic E-state index is 5.73. The molecule has 4 nitrogen and oxygen atoms in total. The van der Waals surface area contributed by atoms with Crippen LogP contribution in [0.25, 0.3) is 10.2 Å². The first kappa shape index (κ1) is 13.5. The number of nitrogens with one attached hydrogen (secondary N) is 1. The van der Waals surface area contributed by atoms with Crippen molar-refractivity contribution in [1.82, 2.24) is 9.97 Å². The molecule has 0 bridgehead atoms. The Morgan fingerprint density at radius 3 is 2.95 bits per heavy atom. The molecule has 21 heavy (non-hydrogen) atoms. The van der Waals surface area contributed by atoms with Gasteiger partial charge in [0.15, 0.2) is 0 Å². The molecule has 0 aromatic carbocycles. The molecule has 1 N–H and O–H groups in total. The van der Waals surface area contributed by atoms with Gasteiger partial charge in [-0.3, -0.25) is 0 Å². The van der Waals surface area contributed by atoms with Crippen molar-refractivity contribution in [3.63, 3.8) is 0 Å². The lowest BCUT2D eigenvalue weighted by molar-refractivity contribution is 0.110. The second-order valence-corrected chi connectivity index (χ2v) is 7.05. The molecule has 1 atom stereocenters. The summed E-state index contributed by atoms with van der Waals surface area (Å²) in [4.78, 5) is 12.3. The van der Waals surface area contributed by atoms with E-state index in [0.717, 1.165) is 35.9 Å². The van der Waals surface area contributed by atoms with Gasteiger partial charge in [-0.25, -0.2) is 9.97 Å². The van der Waals surface area contributed by atoms with Gasteiger partial charge >= 0.3 is 0 Å². The van der Waals surface area contributed by atoms with Crippen molar-refractivity contribution >= 4 is 27.4 Å². The molecular weight excluding hydrogens is 282 g/mol. The van der Waals surface area contributed by atoms with Gasteiger partial charge in [-0.1, -0.05) is 0 Å². The zero-order valence-corrected chi connectivity index (χ0v) is 13.3. The summed E-state index contributed by atoms with van der Waals surface area (Å²) in [7, 11) is 1.96. The van der Waals surface area contributed by atoms with E-state index in [-0.39, 0.29) is 0 Å². The zero-order chi connectivity index (χ0) is 14.2. The van der Waals surface area contributed by atoms with Crippen molar-refractivity contribution in [2.45, 2.75) is 51.0 Å². The number of aromatic nitrogens is 2. The standard InChI is InChI=1S/C16H21N3OS/c1-17-15-14-11-6-2-3-7-12(11)21-16(14)19-13(18-15)9-10-5-4-8-20-10/h10H,2-9H2,1H3,(H,17,18,19). The molecule has 1 aliphatic heterocycles. The summed E-state index contributed by atoms with van der Waals surface area (Å²) in [5.74, 6) is 1.93. The third-order valence-electron chi connectivity index (χ3n) is 4.53. The average molecular weight is 303 g/mol. The van der Waals surface area contributed by atoms with Crippen LogP contribution in [0.4, 0.5) is 5.82 Å². The largest absolute Gasteiger partial charge is 0.378 e. The van der Waals surface area contributed by atoms with E-state index in [2.05, 4.69) is 5.32 Å². The number of rotatable bonds is 3. The van der Waals surface area contributed by atoms with Gasteiger partial charge in [0.1, 0.15) is 16.5 Å². The lowest BCUT2D eigenvalue weighted by atomic mass is 9.97. The number of hydrogen-bond donors (Lipinski definition) is 1. The molecule has 5 heteroatoms. The van der Waals surface area contributed by atoms with Gasteiger partial charge in [-0.05, 0) is 44.1 Å². The fourth-order valence-corrected chi connectivity index (χ4v) is 4.76. The van der Waals surface area contributed by atoms with Gasteiger partial charge in [0.05, 0.1) is 11.5 Å². The molecule has 3 heterocycles. The van der Waals surface area contributed by atoms with Crippen LogP contribution in [-0.4, -0.2) is 29.7 Å². The average Bonchev–Trinajstić information content (AvgIpc) is 3.13. The van der Waals surface area contributed by atoms with E-state index in [0.29, 0.717) is 6.10 Å². The predicted molar refractivity (Wildman–Crippen MR) is 86.3 cm³/mol. The van der Waals surface area contributed by atoms with E-state index < -0.39 is 0 Å². The Labute approximate surface area is 128 Å². The Bertz CT molecular complexity index is 661. The molecule has 2 aromatic heterocycles. The Kier molecular flexibility index (Phi) is 3.55. The number of hydrogen-bond acceptors (Lipinski definition) is 5. The summed E-state index contributed by atoms with van der Waals surface area (Å²) in [5, 5.41) is 4.56. The monoisotopic (exact) mass is 303 g/mol. The Balaban J connectivity index is 1.76. The fraction of sp³-hybridized carbons (Fsp3) is 0.625. The van der Waals surface area contributed by atoms with E-state index in [1.165, 1.54) is 47.9 Å². The van der Waals surface area contributed by atoms with Crippen molar-refractivity contribution in [3.05, 3.63) is 16.3 Å². The van der Waals surface area contributed by atoms with Crippen LogP contribution in [0.2, 0.25) is 0 Å². The van der Waals surface area contributed by atoms with Crippen molar-refractivity contribution in [2.24, 2.45) is 0 Å². The predicted octanol–water partition coefficient (Wildman–Crippen LogP) is 3.33. The summed E-state index contributed by atoms with van der Waals surface area (Å²) >= 11 is 1.87. The highest BCUT2D eigenvalue weighted by molar-refractivity contribution is 7.19. The van der Waals surface area contributed by atoms with Crippen LogP contribution in [0.3, 0.4) is 0 Å². The third kappa shape index (κ3) is 2.42. The molecule has 1 saturated heterocycles. The van der Waals surface area contributed by atoms with Crippen LogP contribution < -0.4 is 5.32 Å². The Morgan fingerprint density at radius 2 is 2.14 bits per heavy atom. The Morgan fingerprint density at radius 1 is 1.24 bits per heavy atom. The number of fused-ring (bicyclic) bond motifs is 3. The van der Waals surface area contributed by atoms with Gasteiger partial charge < -0.3 is 10.1 Å². The number of ether oxygens (including phenoxy) is 1. The molecule has 0 saturated carbocycles. The molecule has 2 aromatic rings. The van der Waals surface area contributed by atoms with Crippen molar-refractivity contribution in [3.8, 4) is 0 Å². The molecular formula is C16H21N3OS. The highest BCUT2D eigenvalue weighted by atomic mass is 32.1. The molecule has 1 aliphatic carbocycles. The van der Waals surface area contributed by atoms with Crippen LogP contribution >= 0.6 is 11.3 Å². The second-order valence-electron chi connectivity index (χ2n) is 5.97. The first-order chi connectivity index (χ1) is 10.3. The maximum absolute atomic E-state index is 5.73. The smallest absolute Gasteiger partial charge is 0.138 e. The lowest BCUT2D eigenvalue weighted by Gasteiger charge is -2.12. The number of thiophene rings is 1. The van der Waals surface area contributed by atoms with Gasteiger partial charge in [-0.2, -0.15) is 0 Å². The topological polar surface area (TPSA) is 47.0 Å². The van der Waals surface area contributed by atoms with Crippen molar-refractivity contribution < 1.29 is 4.74 Å². The first-order valence-electron chi connectivity index (χ1n) is 7.95. The zero-order valence-electron chi connectivity index (χ0n) is 12.4. The third-order valence-corrected chi connectivity index (χ3v) is 5.72. The quantitative estimate of drug-likeness (QED) is 0.945. The number of aryl methyl sites for hydroxylation is 2. The van der Waals surface area contributed by atoms with E-state index in [9.17, 15) is 0 Å². The van der Waals surface area contributed by atoms with Crippen LogP contribution in [0, 0.1) is 0 Å². The van der Waals surface area contributed by atoms with E-state index in [4.69, 9.17) is 14.7 Å². The lowest BCUT2D eigenvalue weighted by Crippen LogP contribution is -2.12. The molecule has 0 amide bonds. The van der Waals surface area contributed by atoms with E-state index in [1.807, 2.05) is 18.4 Å². The summed E-state index contributed by atoms with van der Waals surface area (Å²) in [6.45, 7) is 0.888. The second kappa shape index (κ2) is 5.54. The molecule has 2 aliphatic rings. The maximum Gasteiger partial charge on any atom is 0.138 e.